The molecule has 0 unspecified atom stereocenters. The summed E-state index contributed by atoms with van der Waals surface area (Å²) in [7, 11) is -1.02. The van der Waals surface area contributed by atoms with Gasteiger partial charge in [0.1, 0.15) is 34.7 Å². The van der Waals surface area contributed by atoms with Crippen LogP contribution in [0.5, 0.6) is 11.5 Å². The van der Waals surface area contributed by atoms with Gasteiger partial charge in [-0.15, -0.1) is 0 Å². The van der Waals surface area contributed by atoms with E-state index in [2.05, 4.69) is 4.72 Å². The molecule has 1 aromatic rings. The Morgan fingerprint density at radius 3 is 2.61 bits per heavy atom. The summed E-state index contributed by atoms with van der Waals surface area (Å²) in [5, 5.41) is 9.72. The predicted molar refractivity (Wildman–Crippen MR) is 79.1 cm³/mol. The zero-order chi connectivity index (χ0) is 16.6. The molecule has 2 N–H and O–H groups in total. The van der Waals surface area contributed by atoms with Gasteiger partial charge in [-0.25, -0.2) is 13.1 Å². The molecule has 9 heteroatoms. The average Bonchev–Trinajstić information content (AvgIpc) is 3.10. The molecule has 0 amide bonds. The first kappa shape index (κ1) is 16.5. The van der Waals surface area contributed by atoms with E-state index in [9.17, 15) is 13.5 Å². The van der Waals surface area contributed by atoms with Gasteiger partial charge < -0.3 is 24.1 Å². The molecule has 0 spiro atoms. The van der Waals surface area contributed by atoms with E-state index in [-0.39, 0.29) is 23.9 Å². The van der Waals surface area contributed by atoms with E-state index in [4.69, 9.17) is 18.9 Å². The summed E-state index contributed by atoms with van der Waals surface area (Å²) >= 11 is 0. The lowest BCUT2D eigenvalue weighted by Crippen LogP contribution is -2.44. The standard InChI is InChI=1S/C14H19NO7S/c1-19-8-3-4-11(20-2)12(5-8)23(17,18)15-9-6-21-14-10(16)7-22-13(9)14/h3-5,9-10,13-16H,6-7H2,1-2H3/t9-,10+,13+,14+/m0/s1. The van der Waals surface area contributed by atoms with Crippen molar-refractivity contribution in [1.29, 1.82) is 0 Å². The van der Waals surface area contributed by atoms with E-state index < -0.39 is 34.4 Å². The Hall–Kier alpha value is -1.39. The van der Waals surface area contributed by atoms with Gasteiger partial charge in [-0.05, 0) is 12.1 Å². The minimum Gasteiger partial charge on any atom is -0.497 e. The highest BCUT2D eigenvalue weighted by Crippen LogP contribution is 2.31. The highest BCUT2D eigenvalue weighted by atomic mass is 32.2. The highest BCUT2D eigenvalue weighted by molar-refractivity contribution is 7.89. The van der Waals surface area contributed by atoms with Crippen LogP contribution in [-0.2, 0) is 19.5 Å². The maximum absolute atomic E-state index is 12.7. The number of aliphatic hydroxyl groups is 1. The second kappa shape index (κ2) is 6.25. The molecule has 0 bridgehead atoms. The smallest absolute Gasteiger partial charge is 0.244 e. The minimum absolute atomic E-state index is 0.0265. The largest absolute Gasteiger partial charge is 0.497 e. The molecule has 2 aliphatic rings. The monoisotopic (exact) mass is 345 g/mol. The van der Waals surface area contributed by atoms with Crippen LogP contribution in [0.2, 0.25) is 0 Å². The van der Waals surface area contributed by atoms with Crippen molar-refractivity contribution in [3.63, 3.8) is 0 Å². The second-order valence-electron chi connectivity index (χ2n) is 5.41. The topological polar surface area (TPSA) is 103 Å². The van der Waals surface area contributed by atoms with E-state index in [0.29, 0.717) is 5.75 Å². The average molecular weight is 345 g/mol. The van der Waals surface area contributed by atoms with Crippen LogP contribution in [0.4, 0.5) is 0 Å². The first-order chi connectivity index (χ1) is 11.0. The van der Waals surface area contributed by atoms with Crippen molar-refractivity contribution in [3.05, 3.63) is 18.2 Å². The Morgan fingerprint density at radius 2 is 1.91 bits per heavy atom. The summed E-state index contributed by atoms with van der Waals surface area (Å²) in [5.41, 5.74) is 0. The third-order valence-corrected chi connectivity index (χ3v) is 5.51. The van der Waals surface area contributed by atoms with Gasteiger partial charge in [0.05, 0.1) is 33.5 Å². The molecule has 1 aromatic carbocycles. The molecule has 4 atom stereocenters. The van der Waals surface area contributed by atoms with E-state index in [1.807, 2.05) is 0 Å². The van der Waals surface area contributed by atoms with E-state index in [0.717, 1.165) is 0 Å². The van der Waals surface area contributed by atoms with Crippen LogP contribution >= 0.6 is 0 Å². The molecule has 3 rings (SSSR count). The third-order valence-electron chi connectivity index (χ3n) is 3.99. The SMILES string of the molecule is COc1ccc(OC)c(S(=O)(=O)N[C@H]2CO[C@H]3[C@@H]2OC[C@H]3O)c1. The quantitative estimate of drug-likeness (QED) is 0.742. The van der Waals surface area contributed by atoms with Gasteiger partial charge in [0.25, 0.3) is 0 Å². The van der Waals surface area contributed by atoms with Crippen LogP contribution < -0.4 is 14.2 Å². The van der Waals surface area contributed by atoms with Crippen LogP contribution in [0.15, 0.2) is 23.1 Å². The van der Waals surface area contributed by atoms with Gasteiger partial charge in [0, 0.05) is 6.07 Å². The summed E-state index contributed by atoms with van der Waals surface area (Å²) in [6, 6.07) is 3.96. The lowest BCUT2D eigenvalue weighted by atomic mass is 10.1. The third kappa shape index (κ3) is 3.02. The fraction of sp³-hybridized carbons (Fsp3) is 0.571. The zero-order valence-corrected chi connectivity index (χ0v) is 13.6. The number of rotatable bonds is 5. The number of hydrogen-bond donors (Lipinski definition) is 2. The number of hydrogen-bond acceptors (Lipinski definition) is 7. The predicted octanol–water partition coefficient (Wildman–Crippen LogP) is -0.491. The van der Waals surface area contributed by atoms with Crippen molar-refractivity contribution >= 4 is 10.0 Å². The van der Waals surface area contributed by atoms with Crippen molar-refractivity contribution in [1.82, 2.24) is 4.72 Å². The minimum atomic E-state index is -3.87. The fourth-order valence-corrected chi connectivity index (χ4v) is 4.25. The summed E-state index contributed by atoms with van der Waals surface area (Å²) < 4.78 is 49.0. The molecule has 0 radical (unpaired) electrons. The van der Waals surface area contributed by atoms with Crippen molar-refractivity contribution in [3.8, 4) is 11.5 Å². The summed E-state index contributed by atoms with van der Waals surface area (Å²) in [5.74, 6) is 0.611. The molecule has 2 fully saturated rings. The molecule has 2 saturated heterocycles. The number of methoxy groups -OCH3 is 2. The van der Waals surface area contributed by atoms with Crippen molar-refractivity contribution in [2.45, 2.75) is 29.2 Å². The van der Waals surface area contributed by atoms with Crippen molar-refractivity contribution < 1.29 is 32.5 Å². The molecule has 0 aromatic heterocycles. The van der Waals surface area contributed by atoms with Gasteiger partial charge in [0.15, 0.2) is 0 Å². The lowest BCUT2D eigenvalue weighted by Gasteiger charge is -2.18. The highest BCUT2D eigenvalue weighted by Gasteiger charge is 2.48. The molecule has 23 heavy (non-hydrogen) atoms. The number of sulfonamides is 1. The molecular weight excluding hydrogens is 326 g/mol. The second-order valence-corrected chi connectivity index (χ2v) is 7.09. The Balaban J connectivity index is 1.85. The van der Waals surface area contributed by atoms with Crippen LogP contribution in [0.3, 0.4) is 0 Å². The van der Waals surface area contributed by atoms with Gasteiger partial charge in [-0.1, -0.05) is 0 Å². The number of ether oxygens (including phenoxy) is 4. The molecule has 0 aliphatic carbocycles. The zero-order valence-electron chi connectivity index (χ0n) is 12.8. The van der Waals surface area contributed by atoms with Gasteiger partial charge in [-0.2, -0.15) is 0 Å². The summed E-state index contributed by atoms with van der Waals surface area (Å²) in [4.78, 5) is -0.0265. The maximum Gasteiger partial charge on any atom is 0.244 e. The molecule has 2 heterocycles. The Kier molecular flexibility index (Phi) is 4.47. The van der Waals surface area contributed by atoms with Crippen molar-refractivity contribution in [2.75, 3.05) is 27.4 Å². The number of fused-ring (bicyclic) bond motifs is 1. The van der Waals surface area contributed by atoms with E-state index in [1.165, 1.54) is 26.4 Å². The lowest BCUT2D eigenvalue weighted by molar-refractivity contribution is 0.0181. The Labute approximate surface area is 134 Å². The Morgan fingerprint density at radius 1 is 1.17 bits per heavy atom. The van der Waals surface area contributed by atoms with E-state index >= 15 is 0 Å². The summed E-state index contributed by atoms with van der Waals surface area (Å²) in [6.07, 6.45) is -1.74. The fourth-order valence-electron chi connectivity index (χ4n) is 2.84. The first-order valence-corrected chi connectivity index (χ1v) is 8.60. The van der Waals surface area contributed by atoms with Crippen LogP contribution in [0.1, 0.15) is 0 Å². The molecule has 0 saturated carbocycles. The van der Waals surface area contributed by atoms with Crippen molar-refractivity contribution in [2.24, 2.45) is 0 Å². The molecular formula is C14H19NO7S. The molecule has 8 nitrogen and oxygen atoms in total. The van der Waals surface area contributed by atoms with E-state index in [1.54, 1.807) is 6.07 Å². The maximum atomic E-state index is 12.7. The van der Waals surface area contributed by atoms with Gasteiger partial charge >= 0.3 is 0 Å². The Bertz CT molecular complexity index is 678. The number of benzene rings is 1. The van der Waals surface area contributed by atoms with Crippen LogP contribution in [0.25, 0.3) is 0 Å². The van der Waals surface area contributed by atoms with Crippen LogP contribution in [0, 0.1) is 0 Å². The molecule has 128 valence electrons. The number of aliphatic hydroxyl groups excluding tert-OH is 1. The number of nitrogens with one attached hydrogen (secondary N) is 1. The summed E-state index contributed by atoms with van der Waals surface area (Å²) in [6.45, 7) is 0.272. The first-order valence-electron chi connectivity index (χ1n) is 7.12. The van der Waals surface area contributed by atoms with Gasteiger partial charge in [0.2, 0.25) is 10.0 Å². The normalized spacial score (nSPS) is 30.2. The molecule has 2 aliphatic heterocycles. The van der Waals surface area contributed by atoms with Crippen LogP contribution in [-0.4, -0.2) is 65.3 Å². The van der Waals surface area contributed by atoms with Gasteiger partial charge in [-0.3, -0.25) is 0 Å².